The zero-order valence-corrected chi connectivity index (χ0v) is 26.7. The highest BCUT2D eigenvalue weighted by atomic mass is 16.6. The highest BCUT2D eigenvalue weighted by molar-refractivity contribution is 5.67. The summed E-state index contributed by atoms with van der Waals surface area (Å²) in [5.74, 6) is 5.21. The molecule has 1 amide bonds. The standard InChI is InChI=1S/C35H62N2O2/c1-8-37(9-2)23-11-22-36-33(38)39-28-18-20-34(6)27(24-28)14-15-29-31-17-16-30(26(5)13-10-12-25(3)4)35(31,7)21-19-32(29)34/h14,25-26,28-32H,8-13,15-24H2,1-7H3,(H,36,38)/t26-,28+,29+,30-,31+,32+,34+,35-/m1/s1. The summed E-state index contributed by atoms with van der Waals surface area (Å²) in [5, 5.41) is 3.01. The lowest BCUT2D eigenvalue weighted by Crippen LogP contribution is -2.51. The third-order valence-electron chi connectivity index (χ3n) is 12.3. The van der Waals surface area contributed by atoms with Gasteiger partial charge in [0.1, 0.15) is 6.10 Å². The summed E-state index contributed by atoms with van der Waals surface area (Å²) in [5.41, 5.74) is 2.46. The third kappa shape index (κ3) is 6.73. The van der Waals surface area contributed by atoms with Crippen LogP contribution in [0.1, 0.15) is 126 Å². The molecule has 0 bridgehead atoms. The summed E-state index contributed by atoms with van der Waals surface area (Å²) in [6.45, 7) is 20.8. The van der Waals surface area contributed by atoms with Crippen molar-refractivity contribution in [2.45, 2.75) is 132 Å². The molecular formula is C35H62N2O2. The highest BCUT2D eigenvalue weighted by Crippen LogP contribution is 2.67. The van der Waals surface area contributed by atoms with E-state index in [0.717, 1.165) is 74.4 Å². The van der Waals surface area contributed by atoms with Crippen molar-refractivity contribution in [2.24, 2.45) is 46.3 Å². The number of nitrogens with zero attached hydrogens (tertiary/aromatic N) is 1. The molecule has 0 heterocycles. The molecule has 0 spiro atoms. The number of ether oxygens (including phenoxy) is 1. The van der Waals surface area contributed by atoms with Gasteiger partial charge >= 0.3 is 6.09 Å². The van der Waals surface area contributed by atoms with E-state index < -0.39 is 0 Å². The minimum absolute atomic E-state index is 0.0417. The first-order chi connectivity index (χ1) is 18.6. The number of nitrogens with one attached hydrogen (secondary N) is 1. The van der Waals surface area contributed by atoms with Gasteiger partial charge in [0.15, 0.2) is 0 Å². The summed E-state index contributed by atoms with van der Waals surface area (Å²) < 4.78 is 5.95. The summed E-state index contributed by atoms with van der Waals surface area (Å²) >= 11 is 0. The summed E-state index contributed by atoms with van der Waals surface area (Å²) in [6.07, 6.45) is 17.8. The highest BCUT2D eigenvalue weighted by Gasteiger charge is 2.59. The Balaban J connectivity index is 1.31. The molecular weight excluding hydrogens is 480 g/mol. The average molecular weight is 543 g/mol. The lowest BCUT2D eigenvalue weighted by Gasteiger charge is -2.58. The van der Waals surface area contributed by atoms with Crippen LogP contribution in [0.3, 0.4) is 0 Å². The van der Waals surface area contributed by atoms with Crippen molar-refractivity contribution >= 4 is 6.09 Å². The van der Waals surface area contributed by atoms with E-state index in [9.17, 15) is 4.79 Å². The van der Waals surface area contributed by atoms with Gasteiger partial charge in [-0.05, 0) is 117 Å². The first-order valence-corrected chi connectivity index (χ1v) is 17.0. The molecule has 8 atom stereocenters. The van der Waals surface area contributed by atoms with Gasteiger partial charge < -0.3 is 15.0 Å². The monoisotopic (exact) mass is 542 g/mol. The van der Waals surface area contributed by atoms with Gasteiger partial charge in [0, 0.05) is 13.0 Å². The first-order valence-electron chi connectivity index (χ1n) is 17.0. The van der Waals surface area contributed by atoms with Crippen molar-refractivity contribution in [1.29, 1.82) is 0 Å². The number of alkyl carbamates (subject to hydrolysis) is 1. The number of amides is 1. The Bertz CT molecular complexity index is 835. The quantitative estimate of drug-likeness (QED) is 0.198. The molecule has 0 aliphatic heterocycles. The fourth-order valence-corrected chi connectivity index (χ4v) is 9.98. The fourth-order valence-electron chi connectivity index (χ4n) is 9.98. The van der Waals surface area contributed by atoms with Crippen LogP contribution in [0.15, 0.2) is 11.6 Å². The minimum Gasteiger partial charge on any atom is -0.446 e. The molecule has 4 rings (SSSR count). The molecule has 4 nitrogen and oxygen atoms in total. The predicted molar refractivity (Wildman–Crippen MR) is 164 cm³/mol. The van der Waals surface area contributed by atoms with Crippen molar-refractivity contribution in [1.82, 2.24) is 10.2 Å². The largest absolute Gasteiger partial charge is 0.446 e. The van der Waals surface area contributed by atoms with Crippen LogP contribution < -0.4 is 5.32 Å². The lowest BCUT2D eigenvalue weighted by molar-refractivity contribution is -0.0581. The van der Waals surface area contributed by atoms with Gasteiger partial charge in [-0.15, -0.1) is 0 Å². The maximum Gasteiger partial charge on any atom is 0.407 e. The second-order valence-electron chi connectivity index (χ2n) is 14.9. The third-order valence-corrected chi connectivity index (χ3v) is 12.3. The molecule has 3 saturated carbocycles. The summed E-state index contributed by atoms with van der Waals surface area (Å²) in [7, 11) is 0. The Hall–Kier alpha value is -1.03. The Morgan fingerprint density at radius 2 is 1.79 bits per heavy atom. The lowest BCUT2D eigenvalue weighted by atomic mass is 9.47. The van der Waals surface area contributed by atoms with Gasteiger partial charge in [-0.25, -0.2) is 4.79 Å². The van der Waals surface area contributed by atoms with Crippen LogP contribution in [0.5, 0.6) is 0 Å². The molecule has 4 aliphatic carbocycles. The fraction of sp³-hybridized carbons (Fsp3) is 0.914. The van der Waals surface area contributed by atoms with Crippen LogP contribution in [0.4, 0.5) is 4.79 Å². The number of carbonyl (C=O) groups is 1. The van der Waals surface area contributed by atoms with Crippen LogP contribution in [-0.4, -0.2) is 43.3 Å². The zero-order chi connectivity index (χ0) is 28.2. The molecule has 0 unspecified atom stereocenters. The van der Waals surface area contributed by atoms with Gasteiger partial charge in [0.2, 0.25) is 0 Å². The Labute approximate surface area is 241 Å². The minimum atomic E-state index is -0.217. The van der Waals surface area contributed by atoms with Gasteiger partial charge in [-0.3, -0.25) is 0 Å². The molecule has 0 aromatic carbocycles. The summed E-state index contributed by atoms with van der Waals surface area (Å²) in [6, 6.07) is 0. The predicted octanol–water partition coefficient (Wildman–Crippen LogP) is 8.85. The number of rotatable bonds is 12. The molecule has 4 aliphatic rings. The molecule has 224 valence electrons. The average Bonchev–Trinajstić information content (AvgIpc) is 3.26. The zero-order valence-electron chi connectivity index (χ0n) is 26.7. The number of hydrogen-bond acceptors (Lipinski definition) is 3. The first kappa shape index (κ1) is 30.9. The van der Waals surface area contributed by atoms with E-state index in [0.29, 0.717) is 17.4 Å². The van der Waals surface area contributed by atoms with Gasteiger partial charge in [-0.1, -0.05) is 79.4 Å². The SMILES string of the molecule is CCN(CC)CCCNC(=O)O[C@H]1CC[C@@]2(C)C(=CC[C@H]3[C@@H]4CC[C@H]([C@H](C)CCCC(C)C)[C@@]4(C)CC[C@@H]32)C1. The Morgan fingerprint density at radius 1 is 1.03 bits per heavy atom. The molecule has 4 heteroatoms. The molecule has 0 saturated heterocycles. The van der Waals surface area contributed by atoms with E-state index in [-0.39, 0.29) is 12.2 Å². The van der Waals surface area contributed by atoms with Gasteiger partial charge in [-0.2, -0.15) is 0 Å². The van der Waals surface area contributed by atoms with E-state index in [2.05, 4.69) is 64.8 Å². The van der Waals surface area contributed by atoms with E-state index in [1.54, 1.807) is 5.57 Å². The number of allylic oxidation sites excluding steroid dienone is 1. The Morgan fingerprint density at radius 3 is 2.51 bits per heavy atom. The summed E-state index contributed by atoms with van der Waals surface area (Å²) in [4.78, 5) is 14.9. The van der Waals surface area contributed by atoms with Crippen LogP contribution in [0.2, 0.25) is 0 Å². The van der Waals surface area contributed by atoms with Crippen LogP contribution in [-0.2, 0) is 4.74 Å². The van der Waals surface area contributed by atoms with E-state index in [1.165, 1.54) is 57.8 Å². The number of fused-ring (bicyclic) bond motifs is 5. The second-order valence-corrected chi connectivity index (χ2v) is 14.9. The topological polar surface area (TPSA) is 41.6 Å². The van der Waals surface area contributed by atoms with Crippen LogP contribution in [0, 0.1) is 46.3 Å². The molecule has 39 heavy (non-hydrogen) atoms. The smallest absolute Gasteiger partial charge is 0.407 e. The van der Waals surface area contributed by atoms with Crippen molar-refractivity contribution < 1.29 is 9.53 Å². The second kappa shape index (κ2) is 13.3. The molecule has 3 fully saturated rings. The van der Waals surface area contributed by atoms with E-state index in [4.69, 9.17) is 4.74 Å². The molecule has 0 radical (unpaired) electrons. The van der Waals surface area contributed by atoms with E-state index >= 15 is 0 Å². The van der Waals surface area contributed by atoms with Crippen LogP contribution in [0.25, 0.3) is 0 Å². The van der Waals surface area contributed by atoms with Gasteiger partial charge in [0.25, 0.3) is 0 Å². The molecule has 1 N–H and O–H groups in total. The maximum atomic E-state index is 12.5. The Kier molecular flexibility index (Phi) is 10.5. The van der Waals surface area contributed by atoms with Gasteiger partial charge in [0.05, 0.1) is 0 Å². The van der Waals surface area contributed by atoms with Crippen molar-refractivity contribution in [3.05, 3.63) is 11.6 Å². The number of carbonyl (C=O) groups excluding carboxylic acids is 1. The molecule has 0 aromatic rings. The van der Waals surface area contributed by atoms with Crippen molar-refractivity contribution in [3.8, 4) is 0 Å². The maximum absolute atomic E-state index is 12.5. The van der Waals surface area contributed by atoms with Crippen molar-refractivity contribution in [2.75, 3.05) is 26.2 Å². The van der Waals surface area contributed by atoms with Crippen molar-refractivity contribution in [3.63, 3.8) is 0 Å². The van der Waals surface area contributed by atoms with Crippen LogP contribution >= 0.6 is 0 Å². The molecule has 0 aromatic heterocycles. The van der Waals surface area contributed by atoms with E-state index in [1.807, 2.05) is 0 Å². The number of hydrogen-bond donors (Lipinski definition) is 1. The normalized spacial score (nSPS) is 36.6.